The van der Waals surface area contributed by atoms with E-state index in [4.69, 9.17) is 9.47 Å². The molecular weight excluding hydrogens is 424 g/mol. The van der Waals surface area contributed by atoms with Crippen LogP contribution in [0.2, 0.25) is 0 Å². The Hall–Kier alpha value is -2.24. The molecule has 0 spiro atoms. The van der Waals surface area contributed by atoms with E-state index in [1.54, 1.807) is 13.8 Å². The summed E-state index contributed by atoms with van der Waals surface area (Å²) in [6, 6.07) is 23.9. The minimum atomic E-state index is -0.733. The number of halogens is 1. The van der Waals surface area contributed by atoms with Gasteiger partial charge in [0.25, 0.3) is 0 Å². The molecule has 0 atom stereocenters. The van der Waals surface area contributed by atoms with E-state index in [9.17, 15) is 4.79 Å². The first-order valence-corrected chi connectivity index (χ1v) is 10.6. The standard InChI is InChI=1S/C22H18BrO3S/c1-22(2,23)21(24)25-15-8-7-9-16(14-15)27-19-12-5-3-10-17(19)26-18-11-4-6-13-20(18)27/h3-14H,1-2H3/q+1. The van der Waals surface area contributed by atoms with E-state index in [2.05, 4.69) is 34.1 Å². The third-order valence-corrected chi connectivity index (χ3v) is 6.70. The maximum absolute atomic E-state index is 12.2. The molecule has 0 bridgehead atoms. The van der Waals surface area contributed by atoms with Gasteiger partial charge >= 0.3 is 5.97 Å². The third-order valence-electron chi connectivity index (χ3n) is 4.10. The van der Waals surface area contributed by atoms with E-state index < -0.39 is 4.32 Å². The zero-order valence-electron chi connectivity index (χ0n) is 14.9. The number of carbonyl (C=O) groups excluding carboxylic acids is 1. The zero-order chi connectivity index (χ0) is 19.0. The lowest BCUT2D eigenvalue weighted by Crippen LogP contribution is -2.29. The van der Waals surface area contributed by atoms with Gasteiger partial charge in [0.05, 0.1) is 0 Å². The number of ether oxygens (including phenoxy) is 2. The van der Waals surface area contributed by atoms with Crippen molar-refractivity contribution in [3.63, 3.8) is 0 Å². The van der Waals surface area contributed by atoms with Gasteiger partial charge in [0.15, 0.2) is 16.4 Å². The van der Waals surface area contributed by atoms with Crippen LogP contribution in [0.15, 0.2) is 87.5 Å². The summed E-state index contributed by atoms with van der Waals surface area (Å²) in [5, 5.41) is 0. The predicted octanol–water partition coefficient (Wildman–Crippen LogP) is 5.97. The van der Waals surface area contributed by atoms with Gasteiger partial charge in [-0.3, -0.25) is 4.79 Å². The molecule has 0 aliphatic carbocycles. The molecular formula is C22H18BrO3S+. The maximum atomic E-state index is 12.2. The summed E-state index contributed by atoms with van der Waals surface area (Å²) >= 11 is 3.35. The molecule has 0 N–H and O–H groups in total. The van der Waals surface area contributed by atoms with E-state index >= 15 is 0 Å². The van der Waals surface area contributed by atoms with Crippen molar-refractivity contribution in [1.29, 1.82) is 0 Å². The van der Waals surface area contributed by atoms with E-state index in [1.807, 2.05) is 54.6 Å². The first-order chi connectivity index (χ1) is 12.9. The second kappa shape index (κ2) is 7.06. The number of esters is 1. The summed E-state index contributed by atoms with van der Waals surface area (Å²) in [4.78, 5) is 15.6. The number of carbonyl (C=O) groups is 1. The lowest BCUT2D eigenvalue weighted by atomic mass is 10.2. The predicted molar refractivity (Wildman–Crippen MR) is 110 cm³/mol. The van der Waals surface area contributed by atoms with E-state index in [1.165, 1.54) is 0 Å². The van der Waals surface area contributed by atoms with Gasteiger partial charge in [-0.1, -0.05) is 46.3 Å². The summed E-state index contributed by atoms with van der Waals surface area (Å²) in [7, 11) is -0.332. The zero-order valence-corrected chi connectivity index (χ0v) is 17.3. The molecule has 0 radical (unpaired) electrons. The quantitative estimate of drug-likeness (QED) is 0.170. The lowest BCUT2D eigenvalue weighted by molar-refractivity contribution is -0.136. The second-order valence-electron chi connectivity index (χ2n) is 6.64. The Labute approximate surface area is 169 Å². The largest absolute Gasteiger partial charge is 0.447 e. The van der Waals surface area contributed by atoms with Gasteiger partial charge in [-0.15, -0.1) is 0 Å². The van der Waals surface area contributed by atoms with Gasteiger partial charge in [-0.05, 0) is 50.2 Å². The Bertz CT molecular complexity index is 965. The smallest absolute Gasteiger partial charge is 0.327 e. The van der Waals surface area contributed by atoms with Gasteiger partial charge in [0.2, 0.25) is 9.79 Å². The van der Waals surface area contributed by atoms with Crippen LogP contribution in [0.3, 0.4) is 0 Å². The van der Waals surface area contributed by atoms with Crippen molar-refractivity contribution in [2.24, 2.45) is 0 Å². The molecule has 136 valence electrons. The Balaban J connectivity index is 1.78. The highest BCUT2D eigenvalue weighted by atomic mass is 79.9. The van der Waals surface area contributed by atoms with Crippen LogP contribution in [0.5, 0.6) is 17.2 Å². The van der Waals surface area contributed by atoms with E-state index in [0.29, 0.717) is 5.75 Å². The first-order valence-electron chi connectivity index (χ1n) is 8.55. The van der Waals surface area contributed by atoms with Gasteiger partial charge in [0.1, 0.15) is 21.0 Å². The summed E-state index contributed by atoms with van der Waals surface area (Å²) in [6.45, 7) is 3.54. The Kier molecular flexibility index (Phi) is 4.74. The Morgan fingerprint density at radius 1 is 0.926 bits per heavy atom. The van der Waals surface area contributed by atoms with Crippen LogP contribution < -0.4 is 9.47 Å². The summed E-state index contributed by atoms with van der Waals surface area (Å²) in [5.74, 6) is 1.95. The van der Waals surface area contributed by atoms with Crippen molar-refractivity contribution in [1.82, 2.24) is 0 Å². The van der Waals surface area contributed by atoms with E-state index in [-0.39, 0.29) is 16.9 Å². The van der Waals surface area contributed by atoms with E-state index in [0.717, 1.165) is 26.2 Å². The normalized spacial score (nSPS) is 13.3. The Morgan fingerprint density at radius 2 is 1.52 bits per heavy atom. The maximum Gasteiger partial charge on any atom is 0.327 e. The fraction of sp³-hybridized carbons (Fsp3) is 0.136. The van der Waals surface area contributed by atoms with Crippen molar-refractivity contribution in [2.75, 3.05) is 0 Å². The molecule has 0 amide bonds. The summed E-state index contributed by atoms with van der Waals surface area (Å²) in [5.41, 5.74) is 0. The minimum Gasteiger partial charge on any atom is -0.447 e. The van der Waals surface area contributed by atoms with Gasteiger partial charge < -0.3 is 9.47 Å². The van der Waals surface area contributed by atoms with Crippen molar-refractivity contribution >= 4 is 32.8 Å². The highest BCUT2D eigenvalue weighted by Crippen LogP contribution is 2.47. The summed E-state index contributed by atoms with van der Waals surface area (Å²) in [6.07, 6.45) is 0. The highest BCUT2D eigenvalue weighted by molar-refractivity contribution is 9.10. The second-order valence-corrected chi connectivity index (χ2v) is 10.6. The SMILES string of the molecule is CC(C)(Br)C(=O)Oc1cccc([S+]2c3ccccc3Oc3ccccc32)c1. The monoisotopic (exact) mass is 441 g/mol. The topological polar surface area (TPSA) is 35.5 Å². The van der Waals surface area contributed by atoms with Crippen LogP contribution in [-0.4, -0.2) is 10.3 Å². The number of fused-ring (bicyclic) bond motifs is 2. The molecule has 3 nitrogen and oxygen atoms in total. The molecule has 1 heterocycles. The van der Waals surface area contributed by atoms with Crippen molar-refractivity contribution in [3.8, 4) is 17.2 Å². The molecule has 0 saturated carbocycles. The van der Waals surface area contributed by atoms with Crippen LogP contribution in [0, 0.1) is 0 Å². The van der Waals surface area contributed by atoms with Gasteiger partial charge in [-0.25, -0.2) is 0 Å². The van der Waals surface area contributed by atoms with Gasteiger partial charge in [-0.2, -0.15) is 0 Å². The van der Waals surface area contributed by atoms with Gasteiger partial charge in [0, 0.05) is 6.07 Å². The van der Waals surface area contributed by atoms with Crippen molar-refractivity contribution < 1.29 is 14.3 Å². The van der Waals surface area contributed by atoms with Crippen LogP contribution in [0.25, 0.3) is 0 Å². The fourth-order valence-corrected chi connectivity index (χ4v) is 5.12. The van der Waals surface area contributed by atoms with Crippen LogP contribution in [-0.2, 0) is 15.7 Å². The molecule has 3 aromatic carbocycles. The molecule has 0 saturated heterocycles. The molecule has 1 aliphatic rings. The number of para-hydroxylation sites is 2. The minimum absolute atomic E-state index is 0.323. The Morgan fingerprint density at radius 3 is 2.11 bits per heavy atom. The van der Waals surface area contributed by atoms with Crippen molar-refractivity contribution in [2.45, 2.75) is 32.9 Å². The molecule has 5 heteroatoms. The molecule has 0 unspecified atom stereocenters. The average Bonchev–Trinajstić information content (AvgIpc) is 2.65. The highest BCUT2D eigenvalue weighted by Gasteiger charge is 2.39. The number of hydrogen-bond donors (Lipinski definition) is 0. The van der Waals surface area contributed by atoms with Crippen molar-refractivity contribution in [3.05, 3.63) is 72.8 Å². The average molecular weight is 442 g/mol. The van der Waals surface area contributed by atoms with Crippen LogP contribution in [0.1, 0.15) is 13.8 Å². The summed E-state index contributed by atoms with van der Waals surface area (Å²) < 4.78 is 10.9. The number of hydrogen-bond acceptors (Lipinski definition) is 3. The molecule has 1 aliphatic heterocycles. The number of alkyl halides is 1. The first kappa shape index (κ1) is 18.1. The third kappa shape index (κ3) is 3.62. The molecule has 4 rings (SSSR count). The molecule has 0 aromatic heterocycles. The van der Waals surface area contributed by atoms with Crippen LogP contribution in [0.4, 0.5) is 0 Å². The number of rotatable bonds is 3. The molecule has 0 fully saturated rings. The molecule has 3 aromatic rings. The molecule has 27 heavy (non-hydrogen) atoms. The number of benzene rings is 3. The lowest BCUT2D eigenvalue weighted by Gasteiger charge is -2.20. The van der Waals surface area contributed by atoms with Crippen LogP contribution >= 0.6 is 15.9 Å². The fourth-order valence-electron chi connectivity index (χ4n) is 2.79.